The van der Waals surface area contributed by atoms with Crippen molar-refractivity contribution in [2.75, 3.05) is 26.8 Å². The van der Waals surface area contributed by atoms with Crippen LogP contribution in [-0.4, -0.2) is 49.2 Å². The first-order valence-corrected chi connectivity index (χ1v) is 16.5. The molecule has 0 aliphatic carbocycles. The number of aliphatic hydroxyl groups excluding tert-OH is 2. The first-order chi connectivity index (χ1) is 19.1. The lowest BCUT2D eigenvalue weighted by Crippen LogP contribution is -2.13. The fourth-order valence-corrected chi connectivity index (χ4v) is 4.62. The Morgan fingerprint density at radius 2 is 0.897 bits per heavy atom. The minimum Gasteiger partial charge on any atom is -0.393 e. The number of aliphatic hydroxyl groups is 2. The van der Waals surface area contributed by atoms with Crippen molar-refractivity contribution in [1.29, 1.82) is 0 Å². The SMILES string of the molecule is CCCCC=CC(CCOCOCOCCC(C=CCCCC)CCC(O)CCCC)CCC(O)CCCC. The maximum Gasteiger partial charge on any atom is 0.149 e. The Balaban J connectivity index is 4.19. The van der Waals surface area contributed by atoms with Gasteiger partial charge in [-0.25, -0.2) is 0 Å². The molecule has 0 radical (unpaired) electrons. The second-order valence-electron chi connectivity index (χ2n) is 11.2. The zero-order valence-electron chi connectivity index (χ0n) is 26.3. The Bertz CT molecular complexity index is 490. The van der Waals surface area contributed by atoms with Crippen molar-refractivity contribution in [1.82, 2.24) is 0 Å². The van der Waals surface area contributed by atoms with Crippen molar-refractivity contribution in [2.45, 2.75) is 155 Å². The number of ether oxygens (including phenoxy) is 3. The monoisotopic (exact) mass is 554 g/mol. The van der Waals surface area contributed by atoms with Crippen LogP contribution in [0.25, 0.3) is 0 Å². The molecule has 39 heavy (non-hydrogen) atoms. The van der Waals surface area contributed by atoms with E-state index in [1.807, 2.05) is 0 Å². The van der Waals surface area contributed by atoms with Gasteiger partial charge in [-0.1, -0.05) is 103 Å². The Morgan fingerprint density at radius 3 is 1.28 bits per heavy atom. The molecule has 0 rings (SSSR count). The van der Waals surface area contributed by atoms with E-state index in [1.165, 1.54) is 25.7 Å². The summed E-state index contributed by atoms with van der Waals surface area (Å²) in [5, 5.41) is 20.5. The molecule has 0 aromatic carbocycles. The summed E-state index contributed by atoms with van der Waals surface area (Å²) in [7, 11) is 0. The van der Waals surface area contributed by atoms with Crippen molar-refractivity contribution in [2.24, 2.45) is 11.8 Å². The van der Waals surface area contributed by atoms with Crippen LogP contribution in [0, 0.1) is 11.8 Å². The van der Waals surface area contributed by atoms with Gasteiger partial charge >= 0.3 is 0 Å². The van der Waals surface area contributed by atoms with Crippen LogP contribution in [0.1, 0.15) is 143 Å². The molecule has 2 N–H and O–H groups in total. The second kappa shape index (κ2) is 30.2. The molecule has 0 aromatic heterocycles. The van der Waals surface area contributed by atoms with Gasteiger partial charge < -0.3 is 24.4 Å². The lowest BCUT2D eigenvalue weighted by molar-refractivity contribution is -0.133. The van der Waals surface area contributed by atoms with E-state index in [-0.39, 0.29) is 25.8 Å². The maximum atomic E-state index is 10.2. The predicted octanol–water partition coefficient (Wildman–Crippen LogP) is 9.12. The molecular weight excluding hydrogens is 488 g/mol. The third kappa shape index (κ3) is 27.2. The number of allylic oxidation sites excluding steroid dienone is 4. The van der Waals surface area contributed by atoms with E-state index in [2.05, 4.69) is 52.0 Å². The number of hydrogen-bond acceptors (Lipinski definition) is 5. The fourth-order valence-electron chi connectivity index (χ4n) is 4.62. The molecule has 0 aliphatic rings. The Kier molecular flexibility index (Phi) is 29.7. The molecule has 0 bridgehead atoms. The quantitative estimate of drug-likeness (QED) is 0.0526. The minimum absolute atomic E-state index is 0.185. The van der Waals surface area contributed by atoms with Gasteiger partial charge in [0.25, 0.3) is 0 Å². The third-order valence-corrected chi connectivity index (χ3v) is 7.39. The van der Waals surface area contributed by atoms with Gasteiger partial charge in [0.15, 0.2) is 0 Å². The molecular formula is C34H66O5. The molecule has 0 aliphatic heterocycles. The summed E-state index contributed by atoms with van der Waals surface area (Å²) in [6.45, 7) is 10.6. The Labute approximate surface area is 242 Å². The molecule has 0 aromatic rings. The number of unbranched alkanes of at least 4 members (excludes halogenated alkanes) is 6. The topological polar surface area (TPSA) is 68.2 Å². The van der Waals surface area contributed by atoms with Gasteiger partial charge in [-0.2, -0.15) is 0 Å². The van der Waals surface area contributed by atoms with Gasteiger partial charge in [0.1, 0.15) is 13.6 Å². The highest BCUT2D eigenvalue weighted by atomic mass is 16.7. The van der Waals surface area contributed by atoms with E-state index in [1.54, 1.807) is 0 Å². The van der Waals surface area contributed by atoms with Crippen LogP contribution < -0.4 is 0 Å². The van der Waals surface area contributed by atoms with Crippen LogP contribution in [0.5, 0.6) is 0 Å². The smallest absolute Gasteiger partial charge is 0.149 e. The Morgan fingerprint density at radius 1 is 0.487 bits per heavy atom. The van der Waals surface area contributed by atoms with Crippen molar-refractivity contribution < 1.29 is 24.4 Å². The third-order valence-electron chi connectivity index (χ3n) is 7.39. The van der Waals surface area contributed by atoms with Crippen molar-refractivity contribution in [3.05, 3.63) is 24.3 Å². The minimum atomic E-state index is -0.185. The lowest BCUT2D eigenvalue weighted by Gasteiger charge is -2.17. The van der Waals surface area contributed by atoms with E-state index < -0.39 is 0 Å². The normalized spacial score (nSPS) is 15.3. The summed E-state index contributed by atoms with van der Waals surface area (Å²) in [6.07, 6.45) is 27.9. The van der Waals surface area contributed by atoms with Gasteiger partial charge in [0.2, 0.25) is 0 Å². The highest BCUT2D eigenvalue weighted by molar-refractivity contribution is 4.89. The summed E-state index contributed by atoms with van der Waals surface area (Å²) >= 11 is 0. The highest BCUT2D eigenvalue weighted by Gasteiger charge is 2.11. The second-order valence-corrected chi connectivity index (χ2v) is 11.2. The average molecular weight is 555 g/mol. The van der Waals surface area contributed by atoms with Crippen LogP contribution in [0.3, 0.4) is 0 Å². The zero-order chi connectivity index (χ0) is 28.8. The van der Waals surface area contributed by atoms with Crippen molar-refractivity contribution in [3.8, 4) is 0 Å². The van der Waals surface area contributed by atoms with Crippen LogP contribution in [0.2, 0.25) is 0 Å². The molecule has 5 nitrogen and oxygen atoms in total. The van der Waals surface area contributed by atoms with Crippen molar-refractivity contribution in [3.63, 3.8) is 0 Å². The molecule has 0 saturated heterocycles. The largest absolute Gasteiger partial charge is 0.393 e. The molecule has 4 atom stereocenters. The van der Waals surface area contributed by atoms with E-state index >= 15 is 0 Å². The summed E-state index contributed by atoms with van der Waals surface area (Å²) < 4.78 is 17.0. The fraction of sp³-hybridized carbons (Fsp3) is 0.882. The van der Waals surface area contributed by atoms with E-state index in [4.69, 9.17) is 14.2 Å². The van der Waals surface area contributed by atoms with Crippen LogP contribution in [0.15, 0.2) is 24.3 Å². The molecule has 4 unspecified atom stereocenters. The van der Waals surface area contributed by atoms with Crippen LogP contribution in [-0.2, 0) is 14.2 Å². The summed E-state index contributed by atoms with van der Waals surface area (Å²) in [6, 6.07) is 0. The van der Waals surface area contributed by atoms with Crippen LogP contribution >= 0.6 is 0 Å². The van der Waals surface area contributed by atoms with Gasteiger partial charge in [-0.05, 0) is 76.0 Å². The summed E-state index contributed by atoms with van der Waals surface area (Å²) in [4.78, 5) is 0. The molecule has 0 saturated carbocycles. The molecule has 0 heterocycles. The Hall–Kier alpha value is -0.720. The van der Waals surface area contributed by atoms with Crippen molar-refractivity contribution >= 4 is 0 Å². The number of hydrogen-bond donors (Lipinski definition) is 2. The first-order valence-electron chi connectivity index (χ1n) is 16.5. The predicted molar refractivity (Wildman–Crippen MR) is 166 cm³/mol. The highest BCUT2D eigenvalue weighted by Crippen LogP contribution is 2.19. The molecule has 5 heteroatoms. The molecule has 0 spiro atoms. The van der Waals surface area contributed by atoms with Gasteiger partial charge in [0, 0.05) is 13.2 Å². The van der Waals surface area contributed by atoms with Gasteiger partial charge in [-0.15, -0.1) is 0 Å². The average Bonchev–Trinajstić information content (AvgIpc) is 2.94. The van der Waals surface area contributed by atoms with Crippen LogP contribution in [0.4, 0.5) is 0 Å². The van der Waals surface area contributed by atoms with Gasteiger partial charge in [0.05, 0.1) is 12.2 Å². The van der Waals surface area contributed by atoms with E-state index in [0.717, 1.165) is 89.9 Å². The van der Waals surface area contributed by atoms with E-state index in [0.29, 0.717) is 25.0 Å². The summed E-state index contributed by atoms with van der Waals surface area (Å²) in [5.41, 5.74) is 0. The molecule has 0 amide bonds. The lowest BCUT2D eigenvalue weighted by atomic mass is 9.95. The maximum absolute atomic E-state index is 10.2. The standard InChI is InChI=1S/C34H66O5/c1-5-9-13-15-17-31(21-23-33(35)19-11-7-3)25-27-37-29-39-30-38-28-26-32(18-16-14-10-6-2)22-24-34(36)20-12-8-4/h15-18,31-36H,5-14,19-30H2,1-4H3. The zero-order valence-corrected chi connectivity index (χ0v) is 26.3. The van der Waals surface area contributed by atoms with E-state index in [9.17, 15) is 10.2 Å². The molecule has 0 fully saturated rings. The first kappa shape index (κ1) is 38.3. The summed E-state index contributed by atoms with van der Waals surface area (Å²) in [5.74, 6) is 0.884. The molecule has 232 valence electrons. The van der Waals surface area contributed by atoms with Gasteiger partial charge in [-0.3, -0.25) is 0 Å². The number of rotatable bonds is 30.